The molecular weight excluding hydrogens is 338 g/mol. The Morgan fingerprint density at radius 2 is 1.93 bits per heavy atom. The maximum Gasteiger partial charge on any atom is 0.174 e. The summed E-state index contributed by atoms with van der Waals surface area (Å²) in [5.41, 5.74) is 4.09. The van der Waals surface area contributed by atoms with Crippen LogP contribution in [0.2, 0.25) is 0 Å². The fraction of sp³-hybridized carbons (Fsp3) is 0.227. The Morgan fingerprint density at radius 3 is 2.74 bits per heavy atom. The number of nitrogens with zero attached hydrogens (tertiary/aromatic N) is 3. The Morgan fingerprint density at radius 1 is 1.11 bits per heavy atom. The summed E-state index contributed by atoms with van der Waals surface area (Å²) in [6.45, 7) is 0.899. The molecule has 0 saturated carbocycles. The number of benzene rings is 2. The summed E-state index contributed by atoms with van der Waals surface area (Å²) in [4.78, 5) is 31.8. The van der Waals surface area contributed by atoms with Crippen LogP contribution in [0, 0.1) is 0 Å². The monoisotopic (exact) mass is 357 g/mol. The van der Waals surface area contributed by atoms with E-state index in [1.807, 2.05) is 16.5 Å². The SMILES string of the molecule is CN(C)CCc1cc2ccccc2c2c3c4c(cncn4c12)C(=O)CC3=O. The number of Topliss-reactive ketones (excluding diaryl/α,β-unsaturated/α-hetero) is 2. The van der Waals surface area contributed by atoms with Crippen LogP contribution in [0.4, 0.5) is 0 Å². The summed E-state index contributed by atoms with van der Waals surface area (Å²) in [5.74, 6) is -0.242. The van der Waals surface area contributed by atoms with Crippen molar-refractivity contribution in [3.05, 3.63) is 59.5 Å². The number of hydrogen-bond acceptors (Lipinski definition) is 4. The van der Waals surface area contributed by atoms with Crippen LogP contribution in [0.15, 0.2) is 42.9 Å². The van der Waals surface area contributed by atoms with Crippen molar-refractivity contribution in [2.45, 2.75) is 12.8 Å². The van der Waals surface area contributed by atoms with E-state index in [2.05, 4.69) is 42.2 Å². The normalized spacial score (nSPS) is 14.2. The zero-order valence-electron chi connectivity index (χ0n) is 15.3. The first-order valence-electron chi connectivity index (χ1n) is 9.09. The van der Waals surface area contributed by atoms with Crippen molar-refractivity contribution < 1.29 is 9.59 Å². The molecule has 0 atom stereocenters. The summed E-state index contributed by atoms with van der Waals surface area (Å²) in [5, 5.41) is 3.12. The fourth-order valence-electron chi connectivity index (χ4n) is 4.23. The highest BCUT2D eigenvalue weighted by molar-refractivity contribution is 6.32. The molecule has 27 heavy (non-hydrogen) atoms. The average Bonchev–Trinajstić information content (AvgIpc) is 3.01. The first-order valence-corrected chi connectivity index (χ1v) is 9.09. The van der Waals surface area contributed by atoms with Crippen molar-refractivity contribution in [2.75, 3.05) is 20.6 Å². The van der Waals surface area contributed by atoms with E-state index in [1.54, 1.807) is 12.5 Å². The number of rotatable bonds is 3. The third-order valence-electron chi connectivity index (χ3n) is 5.44. The van der Waals surface area contributed by atoms with E-state index in [4.69, 9.17) is 0 Å². The van der Waals surface area contributed by atoms with Crippen molar-refractivity contribution in [3.8, 4) is 0 Å². The van der Waals surface area contributed by atoms with Crippen LogP contribution in [-0.4, -0.2) is 46.5 Å². The van der Waals surface area contributed by atoms with Gasteiger partial charge in [0.2, 0.25) is 0 Å². The van der Waals surface area contributed by atoms with Crippen LogP contribution in [0.25, 0.3) is 27.2 Å². The van der Waals surface area contributed by atoms with Crippen molar-refractivity contribution in [2.24, 2.45) is 0 Å². The number of carbonyl (C=O) groups excluding carboxylic acids is 2. The second kappa shape index (κ2) is 5.72. The van der Waals surface area contributed by atoms with Gasteiger partial charge in [-0.3, -0.25) is 14.0 Å². The molecule has 0 spiro atoms. The van der Waals surface area contributed by atoms with Gasteiger partial charge in [0.05, 0.1) is 34.9 Å². The zero-order valence-corrected chi connectivity index (χ0v) is 15.3. The van der Waals surface area contributed by atoms with Gasteiger partial charge >= 0.3 is 0 Å². The first kappa shape index (κ1) is 16.1. The largest absolute Gasteiger partial charge is 0.309 e. The van der Waals surface area contributed by atoms with Crippen molar-refractivity contribution >= 4 is 38.8 Å². The highest BCUT2D eigenvalue weighted by Gasteiger charge is 2.31. The van der Waals surface area contributed by atoms with Crippen LogP contribution in [0.1, 0.15) is 32.7 Å². The number of fused-ring (bicyclic) bond motifs is 5. The first-order chi connectivity index (χ1) is 13.1. The van der Waals surface area contributed by atoms with E-state index < -0.39 is 0 Å². The average molecular weight is 357 g/mol. The van der Waals surface area contributed by atoms with E-state index in [0.29, 0.717) is 16.6 Å². The van der Waals surface area contributed by atoms with Gasteiger partial charge in [-0.25, -0.2) is 4.98 Å². The van der Waals surface area contributed by atoms with Gasteiger partial charge in [-0.15, -0.1) is 0 Å². The van der Waals surface area contributed by atoms with E-state index in [1.165, 1.54) is 5.56 Å². The third kappa shape index (κ3) is 2.25. The molecule has 2 aromatic heterocycles. The molecule has 1 aliphatic rings. The fourth-order valence-corrected chi connectivity index (χ4v) is 4.23. The molecule has 0 radical (unpaired) electrons. The predicted octanol–water partition coefficient (Wildman–Crippen LogP) is 3.51. The minimum atomic E-state index is -0.146. The lowest BCUT2D eigenvalue weighted by atomic mass is 9.90. The minimum absolute atomic E-state index is 0.0796. The number of ketones is 2. The molecular formula is C22H19N3O2. The molecule has 134 valence electrons. The molecule has 0 aliphatic heterocycles. The van der Waals surface area contributed by atoms with E-state index in [-0.39, 0.29) is 18.0 Å². The highest BCUT2D eigenvalue weighted by atomic mass is 16.1. The Balaban J connectivity index is 2.01. The molecule has 5 rings (SSSR count). The van der Waals surface area contributed by atoms with Crippen molar-refractivity contribution in [3.63, 3.8) is 0 Å². The Labute approximate surface area is 156 Å². The van der Waals surface area contributed by atoms with Gasteiger partial charge in [0.25, 0.3) is 0 Å². The third-order valence-corrected chi connectivity index (χ3v) is 5.44. The highest BCUT2D eigenvalue weighted by Crippen LogP contribution is 2.39. The van der Waals surface area contributed by atoms with Gasteiger partial charge in [-0.2, -0.15) is 0 Å². The quantitative estimate of drug-likeness (QED) is 0.527. The molecule has 5 nitrogen and oxygen atoms in total. The van der Waals surface area contributed by atoms with Gasteiger partial charge in [-0.05, 0) is 42.9 Å². The second-order valence-corrected chi connectivity index (χ2v) is 7.46. The van der Waals surface area contributed by atoms with Crippen LogP contribution < -0.4 is 0 Å². The Kier molecular flexibility index (Phi) is 3.42. The van der Waals surface area contributed by atoms with Gasteiger partial charge in [-0.1, -0.05) is 24.3 Å². The summed E-state index contributed by atoms with van der Waals surface area (Å²) >= 11 is 0. The molecule has 0 saturated heterocycles. The second-order valence-electron chi connectivity index (χ2n) is 7.46. The minimum Gasteiger partial charge on any atom is -0.309 e. The lowest BCUT2D eigenvalue weighted by molar-refractivity contribution is 0.0890. The summed E-state index contributed by atoms with van der Waals surface area (Å²) in [6.07, 6.45) is 4.09. The van der Waals surface area contributed by atoms with Crippen molar-refractivity contribution in [1.82, 2.24) is 14.3 Å². The van der Waals surface area contributed by atoms with Crippen LogP contribution in [0.3, 0.4) is 0 Å². The topological polar surface area (TPSA) is 54.7 Å². The van der Waals surface area contributed by atoms with Gasteiger partial charge in [0.15, 0.2) is 11.6 Å². The van der Waals surface area contributed by atoms with Gasteiger partial charge < -0.3 is 4.90 Å². The predicted molar refractivity (Wildman–Crippen MR) is 106 cm³/mol. The molecule has 0 bridgehead atoms. The molecule has 0 fully saturated rings. The molecule has 0 N–H and O–H groups in total. The number of carbonyl (C=O) groups is 2. The van der Waals surface area contributed by atoms with E-state index in [9.17, 15) is 9.59 Å². The lowest BCUT2D eigenvalue weighted by Crippen LogP contribution is -2.16. The molecule has 2 aromatic carbocycles. The van der Waals surface area contributed by atoms with Crippen molar-refractivity contribution in [1.29, 1.82) is 0 Å². The molecule has 4 aromatic rings. The van der Waals surface area contributed by atoms with Gasteiger partial charge in [0, 0.05) is 18.1 Å². The summed E-state index contributed by atoms with van der Waals surface area (Å²) < 4.78 is 1.95. The van der Waals surface area contributed by atoms with Crippen LogP contribution >= 0.6 is 0 Å². The number of aromatic nitrogens is 2. The Bertz CT molecular complexity index is 1270. The maximum atomic E-state index is 12.9. The summed E-state index contributed by atoms with van der Waals surface area (Å²) in [7, 11) is 4.10. The van der Waals surface area contributed by atoms with Gasteiger partial charge in [0.1, 0.15) is 0 Å². The number of hydrogen-bond donors (Lipinski definition) is 0. The lowest BCUT2D eigenvalue weighted by Gasteiger charge is -2.12. The van der Waals surface area contributed by atoms with Crippen LogP contribution in [0.5, 0.6) is 0 Å². The maximum absolute atomic E-state index is 12.9. The molecule has 0 amide bonds. The summed E-state index contributed by atoms with van der Waals surface area (Å²) in [6, 6.07) is 10.4. The zero-order chi connectivity index (χ0) is 18.7. The van der Waals surface area contributed by atoms with E-state index >= 15 is 0 Å². The number of likely N-dealkylation sites (N-methyl/N-ethyl adjacent to an activating group) is 1. The molecule has 0 unspecified atom stereocenters. The Hall–Kier alpha value is -3.05. The molecule has 1 aliphatic carbocycles. The molecule has 5 heteroatoms. The molecule has 2 heterocycles. The smallest absolute Gasteiger partial charge is 0.174 e. The van der Waals surface area contributed by atoms with Crippen LogP contribution in [-0.2, 0) is 6.42 Å². The standard InChI is InChI=1S/C22H19N3O2/c1-24(2)8-7-14-9-13-5-3-4-6-15(13)19-20-18(27)10-17(26)16-11-23-12-25(21(14)19)22(16)20/h3-6,9,11-12H,7-8,10H2,1-2H3. The van der Waals surface area contributed by atoms with E-state index in [0.717, 1.165) is 34.6 Å².